The highest BCUT2D eigenvalue weighted by atomic mass is 15.3. The third-order valence-corrected chi connectivity index (χ3v) is 4.41. The Hall–Kier alpha value is -1.23. The number of likely N-dealkylation sites (tertiary alicyclic amines) is 1. The Morgan fingerprint density at radius 3 is 2.62 bits per heavy atom. The van der Waals surface area contributed by atoms with Crippen molar-refractivity contribution in [2.24, 2.45) is 0 Å². The topological polar surface area (TPSA) is 53.9 Å². The number of nitrogens with zero attached hydrogens (tertiary/aromatic N) is 4. The monoisotopic (exact) mass is 291 g/mol. The molecule has 1 saturated heterocycles. The van der Waals surface area contributed by atoms with E-state index in [9.17, 15) is 0 Å². The largest absolute Gasteiger partial charge is 0.352 e. The van der Waals surface area contributed by atoms with E-state index < -0.39 is 0 Å². The first kappa shape index (κ1) is 16.1. The maximum atomic E-state index is 4.58. The minimum atomic E-state index is 0.675. The summed E-state index contributed by atoms with van der Waals surface area (Å²) < 4.78 is 0. The van der Waals surface area contributed by atoms with E-state index in [1.54, 1.807) is 0 Å². The van der Waals surface area contributed by atoms with Crippen molar-refractivity contribution >= 4 is 5.95 Å². The Balaban J connectivity index is 1.85. The van der Waals surface area contributed by atoms with Crippen LogP contribution in [0.3, 0.4) is 0 Å². The first-order valence-corrected chi connectivity index (χ1v) is 8.48. The Kier molecular flexibility index (Phi) is 6.36. The summed E-state index contributed by atoms with van der Waals surface area (Å²) in [6.45, 7) is 9.70. The molecule has 1 aliphatic rings. The van der Waals surface area contributed by atoms with Crippen molar-refractivity contribution in [3.63, 3.8) is 0 Å². The number of hydrogen-bond acceptors (Lipinski definition) is 5. The van der Waals surface area contributed by atoms with Crippen LogP contribution in [0.4, 0.5) is 5.95 Å². The molecular formula is C16H29N5. The zero-order valence-corrected chi connectivity index (χ0v) is 13.7. The molecule has 0 amide bonds. The molecule has 2 heterocycles. The lowest BCUT2D eigenvalue weighted by molar-refractivity contribution is 0.150. The number of aryl methyl sites for hydroxylation is 2. The summed E-state index contributed by atoms with van der Waals surface area (Å²) in [4.78, 5) is 7.18. The number of piperidine rings is 1. The molecule has 1 N–H and O–H groups in total. The molecule has 0 aliphatic carbocycles. The highest BCUT2D eigenvalue weighted by molar-refractivity contribution is 5.25. The Labute approximate surface area is 128 Å². The van der Waals surface area contributed by atoms with Gasteiger partial charge in [0.2, 0.25) is 5.95 Å². The molecule has 2 rings (SSSR count). The molecule has 1 fully saturated rings. The molecule has 5 nitrogen and oxygen atoms in total. The van der Waals surface area contributed by atoms with Gasteiger partial charge in [-0.1, -0.05) is 27.2 Å². The zero-order valence-electron chi connectivity index (χ0n) is 13.7. The summed E-state index contributed by atoms with van der Waals surface area (Å²) in [7, 11) is 0. The lowest BCUT2D eigenvalue weighted by atomic mass is 10.0. The van der Waals surface area contributed by atoms with Gasteiger partial charge in [-0.25, -0.2) is 4.98 Å². The van der Waals surface area contributed by atoms with Gasteiger partial charge in [-0.2, -0.15) is 5.10 Å². The first-order valence-electron chi connectivity index (χ1n) is 8.48. The lowest BCUT2D eigenvalue weighted by Gasteiger charge is -2.35. The van der Waals surface area contributed by atoms with E-state index in [0.717, 1.165) is 43.4 Å². The Morgan fingerprint density at radius 1 is 1.10 bits per heavy atom. The standard InChI is InChI=1S/C16H29N5/c1-4-13-9-7-8-11-21(13)12-10-17-16-18-14(5-2)15(6-3)19-20-16/h13H,4-12H2,1-3H3,(H,17,18,20). The van der Waals surface area contributed by atoms with E-state index in [4.69, 9.17) is 0 Å². The highest BCUT2D eigenvalue weighted by Gasteiger charge is 2.19. The molecular weight excluding hydrogens is 262 g/mol. The fourth-order valence-electron chi connectivity index (χ4n) is 3.14. The summed E-state index contributed by atoms with van der Waals surface area (Å²) in [5, 5.41) is 11.8. The lowest BCUT2D eigenvalue weighted by Crippen LogP contribution is -2.41. The number of rotatable bonds is 7. The Bertz CT molecular complexity index is 435. The summed E-state index contributed by atoms with van der Waals surface area (Å²) >= 11 is 0. The maximum absolute atomic E-state index is 4.58. The van der Waals surface area contributed by atoms with Gasteiger partial charge in [0.05, 0.1) is 11.4 Å². The van der Waals surface area contributed by atoms with Gasteiger partial charge in [0, 0.05) is 19.1 Å². The van der Waals surface area contributed by atoms with Crippen molar-refractivity contribution < 1.29 is 0 Å². The van der Waals surface area contributed by atoms with Crippen molar-refractivity contribution in [1.82, 2.24) is 20.1 Å². The van der Waals surface area contributed by atoms with Crippen LogP contribution in [0.25, 0.3) is 0 Å². The number of hydrogen-bond donors (Lipinski definition) is 1. The maximum Gasteiger partial charge on any atom is 0.243 e. The Morgan fingerprint density at radius 2 is 1.90 bits per heavy atom. The van der Waals surface area contributed by atoms with Gasteiger partial charge < -0.3 is 5.32 Å². The summed E-state index contributed by atoms with van der Waals surface area (Å²) in [5.74, 6) is 0.675. The van der Waals surface area contributed by atoms with Gasteiger partial charge in [-0.3, -0.25) is 4.90 Å². The molecule has 5 heteroatoms. The van der Waals surface area contributed by atoms with Crippen LogP contribution in [-0.2, 0) is 12.8 Å². The van der Waals surface area contributed by atoms with Crippen molar-refractivity contribution in [2.45, 2.75) is 65.3 Å². The van der Waals surface area contributed by atoms with E-state index in [1.165, 1.54) is 32.2 Å². The molecule has 118 valence electrons. The molecule has 0 saturated carbocycles. The minimum absolute atomic E-state index is 0.675. The SMILES string of the molecule is CCc1nnc(NCCN2CCCCC2CC)nc1CC. The van der Waals surface area contributed by atoms with Gasteiger partial charge in [0.25, 0.3) is 0 Å². The molecule has 1 unspecified atom stereocenters. The number of anilines is 1. The van der Waals surface area contributed by atoms with E-state index in [-0.39, 0.29) is 0 Å². The predicted molar refractivity (Wildman–Crippen MR) is 86.6 cm³/mol. The summed E-state index contributed by atoms with van der Waals surface area (Å²) in [6.07, 6.45) is 7.13. The van der Waals surface area contributed by atoms with Crippen molar-refractivity contribution in [2.75, 3.05) is 25.0 Å². The normalized spacial score (nSPS) is 19.7. The van der Waals surface area contributed by atoms with Crippen LogP contribution in [0.15, 0.2) is 0 Å². The van der Waals surface area contributed by atoms with Crippen molar-refractivity contribution in [3.8, 4) is 0 Å². The highest BCUT2D eigenvalue weighted by Crippen LogP contribution is 2.18. The van der Waals surface area contributed by atoms with Crippen LogP contribution in [0.1, 0.15) is 57.8 Å². The molecule has 0 spiro atoms. The fraction of sp³-hybridized carbons (Fsp3) is 0.812. The third kappa shape index (κ3) is 4.37. The quantitative estimate of drug-likeness (QED) is 0.837. The van der Waals surface area contributed by atoms with E-state index in [1.807, 2.05) is 0 Å². The molecule has 1 aliphatic heterocycles. The second-order valence-electron chi connectivity index (χ2n) is 5.76. The molecule has 0 radical (unpaired) electrons. The van der Waals surface area contributed by atoms with Crippen LogP contribution in [-0.4, -0.2) is 45.8 Å². The zero-order chi connectivity index (χ0) is 15.1. The third-order valence-electron chi connectivity index (χ3n) is 4.41. The second kappa shape index (κ2) is 8.27. The van der Waals surface area contributed by atoms with Crippen LogP contribution in [0, 0.1) is 0 Å². The average molecular weight is 291 g/mol. The molecule has 1 aromatic heterocycles. The van der Waals surface area contributed by atoms with Crippen LogP contribution in [0.2, 0.25) is 0 Å². The molecule has 0 bridgehead atoms. The van der Waals surface area contributed by atoms with Crippen molar-refractivity contribution in [3.05, 3.63) is 11.4 Å². The number of aromatic nitrogens is 3. The molecule has 1 aromatic rings. The summed E-state index contributed by atoms with van der Waals surface area (Å²) in [5.41, 5.74) is 2.09. The first-order chi connectivity index (χ1) is 10.3. The van der Waals surface area contributed by atoms with E-state index >= 15 is 0 Å². The van der Waals surface area contributed by atoms with E-state index in [2.05, 4.69) is 46.2 Å². The van der Waals surface area contributed by atoms with Gasteiger partial charge in [-0.15, -0.1) is 5.10 Å². The fourth-order valence-corrected chi connectivity index (χ4v) is 3.14. The minimum Gasteiger partial charge on any atom is -0.352 e. The smallest absolute Gasteiger partial charge is 0.243 e. The van der Waals surface area contributed by atoms with Gasteiger partial charge in [0.1, 0.15) is 0 Å². The number of nitrogens with one attached hydrogen (secondary N) is 1. The van der Waals surface area contributed by atoms with Crippen LogP contribution >= 0.6 is 0 Å². The van der Waals surface area contributed by atoms with Crippen molar-refractivity contribution in [1.29, 1.82) is 0 Å². The summed E-state index contributed by atoms with van der Waals surface area (Å²) in [6, 6.07) is 0.758. The van der Waals surface area contributed by atoms with Crippen LogP contribution in [0.5, 0.6) is 0 Å². The molecule has 1 atom stereocenters. The predicted octanol–water partition coefficient (Wildman–Crippen LogP) is 2.67. The van der Waals surface area contributed by atoms with Gasteiger partial charge in [-0.05, 0) is 38.6 Å². The van der Waals surface area contributed by atoms with Gasteiger partial charge >= 0.3 is 0 Å². The van der Waals surface area contributed by atoms with Gasteiger partial charge in [0.15, 0.2) is 0 Å². The van der Waals surface area contributed by atoms with E-state index in [0.29, 0.717) is 5.95 Å². The second-order valence-corrected chi connectivity index (χ2v) is 5.76. The molecule has 21 heavy (non-hydrogen) atoms. The van der Waals surface area contributed by atoms with Crippen LogP contribution < -0.4 is 5.32 Å². The average Bonchev–Trinajstić information content (AvgIpc) is 2.55. The molecule has 0 aromatic carbocycles.